The molecule has 0 unspecified atom stereocenters. The Labute approximate surface area is 88.8 Å². The molecule has 1 aromatic heterocycles. The van der Waals surface area contributed by atoms with E-state index in [1.165, 1.54) is 12.4 Å². The number of unbranched alkanes of at least 4 members (excludes halogenated alkanes) is 1. The molecule has 0 bridgehead atoms. The summed E-state index contributed by atoms with van der Waals surface area (Å²) in [5.74, 6) is -0.376. The molecule has 0 aliphatic rings. The lowest BCUT2D eigenvalue weighted by molar-refractivity contribution is 0.0690. The minimum atomic E-state index is -1.03. The first-order valence-electron chi connectivity index (χ1n) is 4.91. The third-order valence-corrected chi connectivity index (χ3v) is 2.11. The van der Waals surface area contributed by atoms with E-state index in [1.54, 1.807) is 0 Å². The molecule has 5 nitrogen and oxygen atoms in total. The first-order valence-corrected chi connectivity index (χ1v) is 4.91. The van der Waals surface area contributed by atoms with Crippen molar-refractivity contribution >= 4 is 11.8 Å². The quantitative estimate of drug-likeness (QED) is 0.794. The van der Waals surface area contributed by atoms with Crippen LogP contribution in [0.2, 0.25) is 0 Å². The second kappa shape index (κ2) is 5.29. The van der Waals surface area contributed by atoms with Gasteiger partial charge in [0.2, 0.25) is 0 Å². The predicted molar refractivity (Wildman–Crippen MR) is 57.2 cm³/mol. The average Bonchev–Trinajstić information content (AvgIpc) is 2.26. The summed E-state index contributed by atoms with van der Waals surface area (Å²) in [5.41, 5.74) is 0.0309. The minimum absolute atomic E-state index is 0.0309. The van der Waals surface area contributed by atoms with Gasteiger partial charge in [0.15, 0.2) is 5.69 Å². The molecule has 1 aromatic rings. The van der Waals surface area contributed by atoms with Crippen LogP contribution in [0.5, 0.6) is 0 Å². The summed E-state index contributed by atoms with van der Waals surface area (Å²) in [6.45, 7) is 2.98. The molecule has 0 aliphatic carbocycles. The van der Waals surface area contributed by atoms with Crippen LogP contribution in [-0.2, 0) is 0 Å². The van der Waals surface area contributed by atoms with Gasteiger partial charge in [0.05, 0.1) is 0 Å². The second-order valence-corrected chi connectivity index (χ2v) is 3.34. The average molecular weight is 209 g/mol. The molecule has 0 saturated heterocycles. The first-order chi connectivity index (χ1) is 7.15. The van der Waals surface area contributed by atoms with Gasteiger partial charge >= 0.3 is 5.97 Å². The topological polar surface area (TPSA) is 66.3 Å². The Kier molecular flexibility index (Phi) is 4.03. The van der Waals surface area contributed by atoms with Gasteiger partial charge in [0.1, 0.15) is 12.1 Å². The summed E-state index contributed by atoms with van der Waals surface area (Å²) >= 11 is 0. The fourth-order valence-corrected chi connectivity index (χ4v) is 1.18. The Morgan fingerprint density at radius 3 is 2.87 bits per heavy atom. The first kappa shape index (κ1) is 11.4. The summed E-state index contributed by atoms with van der Waals surface area (Å²) in [7, 11) is 1.89. The maximum Gasteiger partial charge on any atom is 0.354 e. The lowest BCUT2D eigenvalue weighted by Crippen LogP contribution is -2.20. The van der Waals surface area contributed by atoms with Crippen molar-refractivity contribution in [3.8, 4) is 0 Å². The molecule has 1 rings (SSSR count). The lowest BCUT2D eigenvalue weighted by Gasteiger charge is -2.17. The van der Waals surface area contributed by atoms with E-state index in [4.69, 9.17) is 5.11 Å². The Bertz CT molecular complexity index is 341. The molecule has 0 atom stereocenters. The normalized spacial score (nSPS) is 10.0. The third kappa shape index (κ3) is 3.19. The standard InChI is InChI=1S/C10H15N3O2/c1-3-4-5-13(2)9-6-8(10(14)15)11-7-12-9/h6-7H,3-5H2,1-2H3,(H,14,15). The number of hydrogen-bond acceptors (Lipinski definition) is 4. The number of carboxylic acids is 1. The van der Waals surface area contributed by atoms with Gasteiger partial charge in [0, 0.05) is 19.7 Å². The number of aromatic carboxylic acids is 1. The molecule has 0 saturated carbocycles. The van der Waals surface area contributed by atoms with Crippen molar-refractivity contribution in [1.82, 2.24) is 9.97 Å². The van der Waals surface area contributed by atoms with Gasteiger partial charge in [-0.1, -0.05) is 13.3 Å². The molecule has 5 heteroatoms. The summed E-state index contributed by atoms with van der Waals surface area (Å²) in [5, 5.41) is 8.76. The van der Waals surface area contributed by atoms with Gasteiger partial charge in [0.25, 0.3) is 0 Å². The van der Waals surface area contributed by atoms with Crippen molar-refractivity contribution in [2.45, 2.75) is 19.8 Å². The highest BCUT2D eigenvalue weighted by atomic mass is 16.4. The molecular formula is C10H15N3O2. The number of carboxylic acid groups (broad SMARTS) is 1. The Morgan fingerprint density at radius 1 is 1.53 bits per heavy atom. The monoisotopic (exact) mass is 209 g/mol. The Morgan fingerprint density at radius 2 is 2.27 bits per heavy atom. The molecule has 0 aliphatic heterocycles. The maximum absolute atomic E-state index is 10.7. The number of hydrogen-bond donors (Lipinski definition) is 1. The van der Waals surface area contributed by atoms with Crippen molar-refractivity contribution in [3.63, 3.8) is 0 Å². The van der Waals surface area contributed by atoms with E-state index in [0.29, 0.717) is 5.82 Å². The number of nitrogens with zero attached hydrogens (tertiary/aromatic N) is 3. The van der Waals surface area contributed by atoms with Crippen LogP contribution >= 0.6 is 0 Å². The van der Waals surface area contributed by atoms with Crippen LogP contribution in [0.1, 0.15) is 30.3 Å². The number of anilines is 1. The van der Waals surface area contributed by atoms with E-state index < -0.39 is 5.97 Å². The van der Waals surface area contributed by atoms with Crippen LogP contribution in [-0.4, -0.2) is 34.6 Å². The van der Waals surface area contributed by atoms with E-state index in [1.807, 2.05) is 11.9 Å². The number of carbonyl (C=O) groups is 1. The van der Waals surface area contributed by atoms with Crippen LogP contribution in [0.3, 0.4) is 0 Å². The van der Waals surface area contributed by atoms with Crippen molar-refractivity contribution in [2.24, 2.45) is 0 Å². The molecule has 0 spiro atoms. The summed E-state index contributed by atoms with van der Waals surface area (Å²) in [6, 6.07) is 1.48. The van der Waals surface area contributed by atoms with Gasteiger partial charge in [-0.2, -0.15) is 0 Å². The van der Waals surface area contributed by atoms with Crippen molar-refractivity contribution in [2.75, 3.05) is 18.5 Å². The zero-order valence-corrected chi connectivity index (χ0v) is 8.97. The van der Waals surface area contributed by atoms with E-state index >= 15 is 0 Å². The Hall–Kier alpha value is -1.65. The second-order valence-electron chi connectivity index (χ2n) is 3.34. The minimum Gasteiger partial charge on any atom is -0.477 e. The number of aromatic nitrogens is 2. The van der Waals surface area contributed by atoms with Crippen LogP contribution in [0.15, 0.2) is 12.4 Å². The Balaban J connectivity index is 2.76. The van der Waals surface area contributed by atoms with E-state index in [2.05, 4.69) is 16.9 Å². The maximum atomic E-state index is 10.7. The smallest absolute Gasteiger partial charge is 0.354 e. The van der Waals surface area contributed by atoms with Crippen molar-refractivity contribution in [3.05, 3.63) is 18.1 Å². The van der Waals surface area contributed by atoms with Crippen LogP contribution < -0.4 is 4.90 Å². The van der Waals surface area contributed by atoms with E-state index in [9.17, 15) is 4.79 Å². The molecule has 0 amide bonds. The molecule has 1 heterocycles. The lowest BCUT2D eigenvalue weighted by atomic mass is 10.3. The van der Waals surface area contributed by atoms with E-state index in [0.717, 1.165) is 19.4 Å². The molecule has 0 aromatic carbocycles. The molecule has 15 heavy (non-hydrogen) atoms. The number of rotatable bonds is 5. The molecule has 0 radical (unpaired) electrons. The zero-order valence-electron chi connectivity index (χ0n) is 8.97. The van der Waals surface area contributed by atoms with Crippen LogP contribution in [0.25, 0.3) is 0 Å². The summed E-state index contributed by atoms with van der Waals surface area (Å²) in [4.78, 5) is 20.3. The largest absolute Gasteiger partial charge is 0.477 e. The summed E-state index contributed by atoms with van der Waals surface area (Å²) < 4.78 is 0. The fraction of sp³-hybridized carbons (Fsp3) is 0.500. The highest BCUT2D eigenvalue weighted by Crippen LogP contribution is 2.09. The van der Waals surface area contributed by atoms with E-state index in [-0.39, 0.29) is 5.69 Å². The molecule has 1 N–H and O–H groups in total. The zero-order chi connectivity index (χ0) is 11.3. The predicted octanol–water partition coefficient (Wildman–Crippen LogP) is 1.41. The van der Waals surface area contributed by atoms with Crippen molar-refractivity contribution < 1.29 is 9.90 Å². The van der Waals surface area contributed by atoms with Crippen LogP contribution in [0, 0.1) is 0 Å². The van der Waals surface area contributed by atoms with Crippen LogP contribution in [0.4, 0.5) is 5.82 Å². The van der Waals surface area contributed by atoms with Gasteiger partial charge in [-0.25, -0.2) is 14.8 Å². The molecule has 82 valence electrons. The molecule has 0 fully saturated rings. The SMILES string of the molecule is CCCCN(C)c1cc(C(=O)O)ncn1. The molecular weight excluding hydrogens is 194 g/mol. The summed E-state index contributed by atoms with van der Waals surface area (Å²) in [6.07, 6.45) is 3.44. The third-order valence-electron chi connectivity index (χ3n) is 2.11. The van der Waals surface area contributed by atoms with Gasteiger partial charge in [-0.15, -0.1) is 0 Å². The van der Waals surface area contributed by atoms with Crippen molar-refractivity contribution in [1.29, 1.82) is 0 Å². The highest BCUT2D eigenvalue weighted by molar-refractivity contribution is 5.86. The van der Waals surface area contributed by atoms with Gasteiger partial charge in [-0.3, -0.25) is 0 Å². The highest BCUT2D eigenvalue weighted by Gasteiger charge is 2.08. The van der Waals surface area contributed by atoms with Gasteiger partial charge in [-0.05, 0) is 6.42 Å². The van der Waals surface area contributed by atoms with Gasteiger partial charge < -0.3 is 10.0 Å². The fourth-order valence-electron chi connectivity index (χ4n) is 1.18.